The summed E-state index contributed by atoms with van der Waals surface area (Å²) in [4.78, 5) is 0. The number of hydrogen-bond donors (Lipinski definition) is 1. The molecule has 0 fully saturated rings. The fourth-order valence-electron chi connectivity index (χ4n) is 1.85. The highest BCUT2D eigenvalue weighted by Gasteiger charge is 2.15. The smallest absolute Gasteiger partial charge is 0.162 e. The fraction of sp³-hybridized carbons (Fsp3) is 0.333. The van der Waals surface area contributed by atoms with Crippen LogP contribution in [0.5, 0.6) is 0 Å². The molecular formula is C12H12F2O. The number of aliphatic hydroxyl groups is 1. The van der Waals surface area contributed by atoms with Gasteiger partial charge >= 0.3 is 0 Å². The highest BCUT2D eigenvalue weighted by atomic mass is 19.2. The van der Waals surface area contributed by atoms with Crippen LogP contribution in [-0.4, -0.2) is 11.2 Å². The number of benzene rings is 1. The SMILES string of the molecule is OC1C=C(Cc2cccc(F)c2F)CC1. The topological polar surface area (TPSA) is 20.2 Å². The molecule has 1 unspecified atom stereocenters. The van der Waals surface area contributed by atoms with Crippen molar-refractivity contribution in [3.05, 3.63) is 47.0 Å². The summed E-state index contributed by atoms with van der Waals surface area (Å²) in [6, 6.07) is 4.18. The second-order valence-electron chi connectivity index (χ2n) is 3.82. The molecule has 3 heteroatoms. The minimum absolute atomic E-state index is 0.357. The first-order chi connectivity index (χ1) is 7.16. The Balaban J connectivity index is 2.18. The molecule has 0 radical (unpaired) electrons. The first-order valence-corrected chi connectivity index (χ1v) is 4.97. The molecule has 0 aromatic heterocycles. The third-order valence-corrected chi connectivity index (χ3v) is 2.64. The lowest BCUT2D eigenvalue weighted by Gasteiger charge is -2.04. The van der Waals surface area contributed by atoms with E-state index in [4.69, 9.17) is 0 Å². The van der Waals surface area contributed by atoms with Crippen molar-refractivity contribution in [3.63, 3.8) is 0 Å². The molecule has 0 saturated carbocycles. The molecule has 1 aromatic carbocycles. The lowest BCUT2D eigenvalue weighted by Crippen LogP contribution is -1.95. The van der Waals surface area contributed by atoms with Gasteiger partial charge in [-0.3, -0.25) is 0 Å². The van der Waals surface area contributed by atoms with Gasteiger partial charge in [-0.25, -0.2) is 8.78 Å². The Labute approximate surface area is 87.1 Å². The van der Waals surface area contributed by atoms with Gasteiger partial charge in [0, 0.05) is 0 Å². The molecule has 1 aliphatic rings. The van der Waals surface area contributed by atoms with E-state index in [1.54, 1.807) is 12.1 Å². The second-order valence-corrected chi connectivity index (χ2v) is 3.82. The van der Waals surface area contributed by atoms with E-state index in [-0.39, 0.29) is 0 Å². The van der Waals surface area contributed by atoms with E-state index in [1.165, 1.54) is 6.07 Å². The standard InChI is InChI=1S/C12H12F2O/c13-11-3-1-2-9(12(11)14)6-8-4-5-10(15)7-8/h1-3,7,10,15H,4-6H2. The molecule has 0 heterocycles. The van der Waals surface area contributed by atoms with Crippen LogP contribution in [0.15, 0.2) is 29.8 Å². The average Bonchev–Trinajstić information content (AvgIpc) is 2.59. The Morgan fingerprint density at radius 2 is 2.13 bits per heavy atom. The number of aliphatic hydroxyl groups excluding tert-OH is 1. The number of allylic oxidation sites excluding steroid dienone is 1. The van der Waals surface area contributed by atoms with Crippen LogP contribution in [0.1, 0.15) is 18.4 Å². The maximum absolute atomic E-state index is 13.3. The van der Waals surface area contributed by atoms with Crippen molar-refractivity contribution in [2.75, 3.05) is 0 Å². The van der Waals surface area contributed by atoms with E-state index >= 15 is 0 Å². The van der Waals surface area contributed by atoms with Crippen molar-refractivity contribution in [3.8, 4) is 0 Å². The summed E-state index contributed by atoms with van der Waals surface area (Å²) in [6.07, 6.45) is 3.14. The molecular weight excluding hydrogens is 198 g/mol. The molecule has 2 rings (SSSR count). The zero-order chi connectivity index (χ0) is 10.8. The Morgan fingerprint density at radius 3 is 2.80 bits per heavy atom. The Hall–Kier alpha value is -1.22. The second kappa shape index (κ2) is 4.11. The molecule has 1 aromatic rings. The molecule has 0 amide bonds. The van der Waals surface area contributed by atoms with E-state index < -0.39 is 17.7 Å². The van der Waals surface area contributed by atoms with E-state index in [9.17, 15) is 13.9 Å². The van der Waals surface area contributed by atoms with E-state index in [2.05, 4.69) is 0 Å². The van der Waals surface area contributed by atoms with Gasteiger partial charge in [-0.05, 0) is 30.9 Å². The van der Waals surface area contributed by atoms with Crippen LogP contribution in [0.3, 0.4) is 0 Å². The quantitative estimate of drug-likeness (QED) is 0.744. The Morgan fingerprint density at radius 1 is 1.33 bits per heavy atom. The molecule has 0 spiro atoms. The van der Waals surface area contributed by atoms with Crippen molar-refractivity contribution < 1.29 is 13.9 Å². The zero-order valence-electron chi connectivity index (χ0n) is 8.21. The van der Waals surface area contributed by atoms with Crippen LogP contribution in [0.2, 0.25) is 0 Å². The lowest BCUT2D eigenvalue weighted by atomic mass is 10.0. The summed E-state index contributed by atoms with van der Waals surface area (Å²) in [5, 5.41) is 9.26. The molecule has 0 aliphatic heterocycles. The molecule has 1 nitrogen and oxygen atoms in total. The minimum atomic E-state index is -0.813. The van der Waals surface area contributed by atoms with Crippen LogP contribution in [0.25, 0.3) is 0 Å². The van der Waals surface area contributed by atoms with Crippen molar-refractivity contribution in [1.29, 1.82) is 0 Å². The molecule has 1 aliphatic carbocycles. The largest absolute Gasteiger partial charge is 0.389 e. The predicted molar refractivity (Wildman–Crippen MR) is 53.4 cm³/mol. The number of halogens is 2. The third kappa shape index (κ3) is 2.23. The molecule has 0 bridgehead atoms. The van der Waals surface area contributed by atoms with Crippen molar-refractivity contribution in [2.45, 2.75) is 25.4 Å². The molecule has 80 valence electrons. The van der Waals surface area contributed by atoms with Crippen LogP contribution in [-0.2, 0) is 6.42 Å². The fourth-order valence-corrected chi connectivity index (χ4v) is 1.85. The van der Waals surface area contributed by atoms with Crippen LogP contribution in [0.4, 0.5) is 8.78 Å². The summed E-state index contributed by atoms with van der Waals surface area (Å²) < 4.78 is 26.2. The average molecular weight is 210 g/mol. The van der Waals surface area contributed by atoms with Gasteiger partial charge < -0.3 is 5.11 Å². The van der Waals surface area contributed by atoms with Crippen LogP contribution in [0, 0.1) is 11.6 Å². The predicted octanol–water partition coefficient (Wildman–Crippen LogP) is 2.59. The molecule has 1 N–H and O–H groups in total. The van der Waals surface area contributed by atoms with Gasteiger partial charge in [-0.1, -0.05) is 23.8 Å². The van der Waals surface area contributed by atoms with Gasteiger partial charge in [0.25, 0.3) is 0 Å². The maximum Gasteiger partial charge on any atom is 0.162 e. The third-order valence-electron chi connectivity index (χ3n) is 2.64. The Kier molecular flexibility index (Phi) is 2.82. The monoisotopic (exact) mass is 210 g/mol. The molecule has 1 atom stereocenters. The summed E-state index contributed by atoms with van der Waals surface area (Å²) in [5.41, 5.74) is 1.34. The van der Waals surface area contributed by atoms with Gasteiger partial charge in [0.05, 0.1) is 6.10 Å². The first-order valence-electron chi connectivity index (χ1n) is 4.97. The van der Waals surface area contributed by atoms with Gasteiger partial charge in [-0.2, -0.15) is 0 Å². The van der Waals surface area contributed by atoms with Crippen LogP contribution >= 0.6 is 0 Å². The highest BCUT2D eigenvalue weighted by Crippen LogP contribution is 2.23. The van der Waals surface area contributed by atoms with Crippen molar-refractivity contribution in [1.82, 2.24) is 0 Å². The number of hydrogen-bond acceptors (Lipinski definition) is 1. The highest BCUT2D eigenvalue weighted by molar-refractivity contribution is 5.26. The summed E-state index contributed by atoms with van der Waals surface area (Å²) in [5.74, 6) is -1.59. The normalized spacial score (nSPS) is 20.5. The number of rotatable bonds is 2. The Bertz CT molecular complexity index is 399. The van der Waals surface area contributed by atoms with E-state index in [0.717, 1.165) is 18.1 Å². The van der Waals surface area contributed by atoms with Gasteiger partial charge in [0.2, 0.25) is 0 Å². The maximum atomic E-state index is 13.3. The van der Waals surface area contributed by atoms with Gasteiger partial charge in [0.1, 0.15) is 0 Å². The molecule has 0 saturated heterocycles. The van der Waals surface area contributed by atoms with Crippen molar-refractivity contribution >= 4 is 0 Å². The van der Waals surface area contributed by atoms with Crippen molar-refractivity contribution in [2.24, 2.45) is 0 Å². The summed E-state index contributed by atoms with van der Waals surface area (Å²) >= 11 is 0. The van der Waals surface area contributed by atoms with E-state index in [1.807, 2.05) is 0 Å². The van der Waals surface area contributed by atoms with Crippen LogP contribution < -0.4 is 0 Å². The minimum Gasteiger partial charge on any atom is -0.389 e. The van der Waals surface area contributed by atoms with Gasteiger partial charge in [0.15, 0.2) is 11.6 Å². The van der Waals surface area contributed by atoms with E-state index in [0.29, 0.717) is 18.4 Å². The first kappa shape index (κ1) is 10.3. The zero-order valence-corrected chi connectivity index (χ0v) is 8.21. The van der Waals surface area contributed by atoms with Gasteiger partial charge in [-0.15, -0.1) is 0 Å². The molecule has 15 heavy (non-hydrogen) atoms. The lowest BCUT2D eigenvalue weighted by molar-refractivity contribution is 0.223. The summed E-state index contributed by atoms with van der Waals surface area (Å²) in [6.45, 7) is 0. The summed E-state index contributed by atoms with van der Waals surface area (Å²) in [7, 11) is 0.